The summed E-state index contributed by atoms with van der Waals surface area (Å²) < 4.78 is 0. The van der Waals surface area contributed by atoms with Crippen LogP contribution in [0.1, 0.15) is 49.3 Å². The summed E-state index contributed by atoms with van der Waals surface area (Å²) in [6, 6.07) is 8.39. The summed E-state index contributed by atoms with van der Waals surface area (Å²) in [6.07, 6.45) is 5.32. The van der Waals surface area contributed by atoms with Crippen LogP contribution in [0.2, 0.25) is 0 Å². The Balaban J connectivity index is 1.86. The number of hydrogen-bond acceptors (Lipinski definition) is 2. The molecule has 1 aromatic rings. The van der Waals surface area contributed by atoms with E-state index in [1.807, 2.05) is 0 Å². The fourth-order valence-electron chi connectivity index (χ4n) is 3.33. The third kappa shape index (κ3) is 4.07. The molecule has 2 rings (SSSR count). The predicted molar refractivity (Wildman–Crippen MR) is 87.1 cm³/mol. The first-order chi connectivity index (χ1) is 9.60. The molecule has 1 aliphatic rings. The SMILES string of the molecule is CCNC1CCC(N(C)Cc2ccc(C)c(C)c2)CC1. The van der Waals surface area contributed by atoms with Gasteiger partial charge in [-0.25, -0.2) is 0 Å². The topological polar surface area (TPSA) is 15.3 Å². The summed E-state index contributed by atoms with van der Waals surface area (Å²) in [5, 5.41) is 3.59. The van der Waals surface area contributed by atoms with Crippen LogP contribution in [0.15, 0.2) is 18.2 Å². The van der Waals surface area contributed by atoms with E-state index in [2.05, 4.69) is 56.2 Å². The second-order valence-corrected chi connectivity index (χ2v) is 6.40. The van der Waals surface area contributed by atoms with Gasteiger partial charge in [-0.3, -0.25) is 4.90 Å². The molecule has 0 aromatic heterocycles. The summed E-state index contributed by atoms with van der Waals surface area (Å²) in [4.78, 5) is 2.55. The normalized spacial score (nSPS) is 23.2. The van der Waals surface area contributed by atoms with Crippen LogP contribution >= 0.6 is 0 Å². The number of hydrogen-bond donors (Lipinski definition) is 1. The highest BCUT2D eigenvalue weighted by Crippen LogP contribution is 2.24. The van der Waals surface area contributed by atoms with Crippen molar-refractivity contribution in [3.63, 3.8) is 0 Å². The zero-order valence-corrected chi connectivity index (χ0v) is 13.6. The van der Waals surface area contributed by atoms with Gasteiger partial charge in [-0.1, -0.05) is 25.1 Å². The minimum absolute atomic E-state index is 0.756. The number of nitrogens with zero attached hydrogens (tertiary/aromatic N) is 1. The molecule has 0 heterocycles. The average Bonchev–Trinajstić information content (AvgIpc) is 2.44. The Kier molecular flexibility index (Phi) is 5.62. The van der Waals surface area contributed by atoms with Gasteiger partial charge in [-0.15, -0.1) is 0 Å². The van der Waals surface area contributed by atoms with E-state index in [1.54, 1.807) is 0 Å². The minimum Gasteiger partial charge on any atom is -0.314 e. The van der Waals surface area contributed by atoms with E-state index in [1.165, 1.54) is 42.4 Å². The van der Waals surface area contributed by atoms with Gasteiger partial charge >= 0.3 is 0 Å². The molecule has 0 spiro atoms. The number of aryl methyl sites for hydroxylation is 2. The van der Waals surface area contributed by atoms with Gasteiger partial charge in [-0.05, 0) is 69.8 Å². The fourth-order valence-corrected chi connectivity index (χ4v) is 3.33. The zero-order chi connectivity index (χ0) is 14.5. The Morgan fingerprint density at radius 3 is 2.40 bits per heavy atom. The molecule has 0 atom stereocenters. The number of rotatable bonds is 5. The first-order valence-electron chi connectivity index (χ1n) is 8.10. The van der Waals surface area contributed by atoms with Crippen molar-refractivity contribution in [2.45, 2.75) is 65.1 Å². The van der Waals surface area contributed by atoms with E-state index >= 15 is 0 Å². The largest absolute Gasteiger partial charge is 0.314 e. The van der Waals surface area contributed by atoms with Crippen LogP contribution < -0.4 is 5.32 Å². The Hall–Kier alpha value is -0.860. The minimum atomic E-state index is 0.756. The van der Waals surface area contributed by atoms with E-state index < -0.39 is 0 Å². The monoisotopic (exact) mass is 274 g/mol. The molecule has 20 heavy (non-hydrogen) atoms. The van der Waals surface area contributed by atoms with E-state index in [-0.39, 0.29) is 0 Å². The Labute approximate surface area is 124 Å². The van der Waals surface area contributed by atoms with Crippen molar-refractivity contribution >= 4 is 0 Å². The molecule has 0 aliphatic heterocycles. The lowest BCUT2D eigenvalue weighted by molar-refractivity contribution is 0.168. The van der Waals surface area contributed by atoms with Crippen LogP contribution in [0.5, 0.6) is 0 Å². The summed E-state index contributed by atoms with van der Waals surface area (Å²) in [6.45, 7) is 8.79. The number of nitrogens with one attached hydrogen (secondary N) is 1. The van der Waals surface area contributed by atoms with Crippen LogP contribution in [0.4, 0.5) is 0 Å². The van der Waals surface area contributed by atoms with Crippen LogP contribution in [0.25, 0.3) is 0 Å². The summed E-state index contributed by atoms with van der Waals surface area (Å²) in [7, 11) is 2.29. The molecule has 2 nitrogen and oxygen atoms in total. The lowest BCUT2D eigenvalue weighted by Gasteiger charge is -2.35. The number of benzene rings is 1. The van der Waals surface area contributed by atoms with Gasteiger partial charge in [-0.2, -0.15) is 0 Å². The quantitative estimate of drug-likeness (QED) is 0.881. The van der Waals surface area contributed by atoms with Gasteiger partial charge in [0.1, 0.15) is 0 Å². The molecular formula is C18H30N2. The van der Waals surface area contributed by atoms with Gasteiger partial charge in [0.15, 0.2) is 0 Å². The molecule has 1 aliphatic carbocycles. The molecule has 2 heteroatoms. The lowest BCUT2D eigenvalue weighted by Crippen LogP contribution is -2.40. The van der Waals surface area contributed by atoms with Crippen molar-refractivity contribution in [1.82, 2.24) is 10.2 Å². The molecule has 0 saturated heterocycles. The maximum absolute atomic E-state index is 3.59. The summed E-state index contributed by atoms with van der Waals surface area (Å²) in [5.41, 5.74) is 4.25. The molecule has 1 fully saturated rings. The smallest absolute Gasteiger partial charge is 0.0233 e. The van der Waals surface area contributed by atoms with Gasteiger partial charge in [0.25, 0.3) is 0 Å². The zero-order valence-electron chi connectivity index (χ0n) is 13.6. The standard InChI is InChI=1S/C18H30N2/c1-5-19-17-8-10-18(11-9-17)20(4)13-16-7-6-14(2)15(3)12-16/h6-7,12,17-19H,5,8-11,13H2,1-4H3. The molecule has 0 bridgehead atoms. The molecule has 1 saturated carbocycles. The summed E-state index contributed by atoms with van der Waals surface area (Å²) in [5.74, 6) is 0. The van der Waals surface area contributed by atoms with Crippen molar-refractivity contribution in [2.75, 3.05) is 13.6 Å². The van der Waals surface area contributed by atoms with Crippen LogP contribution in [-0.2, 0) is 6.54 Å². The average molecular weight is 274 g/mol. The second kappa shape index (κ2) is 7.24. The highest BCUT2D eigenvalue weighted by atomic mass is 15.1. The van der Waals surface area contributed by atoms with Crippen molar-refractivity contribution in [3.05, 3.63) is 34.9 Å². The van der Waals surface area contributed by atoms with Gasteiger partial charge < -0.3 is 5.32 Å². The van der Waals surface area contributed by atoms with E-state index in [0.29, 0.717) is 0 Å². The van der Waals surface area contributed by atoms with Crippen LogP contribution in [-0.4, -0.2) is 30.6 Å². The van der Waals surface area contributed by atoms with Gasteiger partial charge in [0.2, 0.25) is 0 Å². The second-order valence-electron chi connectivity index (χ2n) is 6.40. The van der Waals surface area contributed by atoms with Crippen molar-refractivity contribution < 1.29 is 0 Å². The van der Waals surface area contributed by atoms with Crippen molar-refractivity contribution in [2.24, 2.45) is 0 Å². The van der Waals surface area contributed by atoms with Gasteiger partial charge in [0, 0.05) is 18.6 Å². The molecule has 0 unspecified atom stereocenters. The third-order valence-electron chi connectivity index (χ3n) is 4.82. The predicted octanol–water partition coefficient (Wildman–Crippen LogP) is 3.66. The Morgan fingerprint density at radius 2 is 1.80 bits per heavy atom. The van der Waals surface area contributed by atoms with Crippen LogP contribution in [0, 0.1) is 13.8 Å². The molecule has 0 radical (unpaired) electrons. The highest BCUT2D eigenvalue weighted by molar-refractivity contribution is 5.29. The van der Waals surface area contributed by atoms with Crippen LogP contribution in [0.3, 0.4) is 0 Å². The Bertz CT molecular complexity index is 419. The van der Waals surface area contributed by atoms with Crippen molar-refractivity contribution in [1.29, 1.82) is 0 Å². The molecule has 1 N–H and O–H groups in total. The first-order valence-corrected chi connectivity index (χ1v) is 8.10. The van der Waals surface area contributed by atoms with Gasteiger partial charge in [0.05, 0.1) is 0 Å². The van der Waals surface area contributed by atoms with E-state index in [9.17, 15) is 0 Å². The third-order valence-corrected chi connectivity index (χ3v) is 4.82. The maximum Gasteiger partial charge on any atom is 0.0233 e. The Morgan fingerprint density at radius 1 is 1.10 bits per heavy atom. The first kappa shape index (κ1) is 15.5. The maximum atomic E-state index is 3.59. The molecule has 112 valence electrons. The van der Waals surface area contributed by atoms with Crippen molar-refractivity contribution in [3.8, 4) is 0 Å². The molecule has 0 amide bonds. The summed E-state index contributed by atoms with van der Waals surface area (Å²) >= 11 is 0. The van der Waals surface area contributed by atoms with E-state index in [4.69, 9.17) is 0 Å². The van der Waals surface area contributed by atoms with E-state index in [0.717, 1.165) is 25.2 Å². The molecular weight excluding hydrogens is 244 g/mol. The molecule has 1 aromatic carbocycles. The highest BCUT2D eigenvalue weighted by Gasteiger charge is 2.23. The lowest BCUT2D eigenvalue weighted by atomic mass is 9.90. The fraction of sp³-hybridized carbons (Fsp3) is 0.667.